The summed E-state index contributed by atoms with van der Waals surface area (Å²) in [4.78, 5) is 65.0. The van der Waals surface area contributed by atoms with Crippen LogP contribution in [0.5, 0.6) is 0 Å². The summed E-state index contributed by atoms with van der Waals surface area (Å²) in [6.45, 7) is 4.96. The number of nitrogen functional groups attached to an aromatic ring is 1. The molecule has 0 unspecified atom stereocenters. The van der Waals surface area contributed by atoms with Crippen molar-refractivity contribution >= 4 is 29.3 Å². The summed E-state index contributed by atoms with van der Waals surface area (Å²) in [6, 6.07) is 6.80. The van der Waals surface area contributed by atoms with Crippen molar-refractivity contribution in [2.24, 2.45) is 0 Å². The van der Waals surface area contributed by atoms with Crippen molar-refractivity contribution in [2.45, 2.75) is 46.6 Å². The maximum absolute atomic E-state index is 12.9. The summed E-state index contributed by atoms with van der Waals surface area (Å²) in [6.07, 6.45) is 1.86. The Labute approximate surface area is 196 Å². The van der Waals surface area contributed by atoms with Gasteiger partial charge in [0.15, 0.2) is 12.3 Å². The number of amides is 2. The summed E-state index contributed by atoms with van der Waals surface area (Å²) < 4.78 is 6.20. The van der Waals surface area contributed by atoms with E-state index in [1.807, 2.05) is 20.8 Å². The number of nitrogens with zero attached hydrogens (tertiary/aromatic N) is 2. The lowest BCUT2D eigenvalue weighted by Gasteiger charge is -2.24. The van der Waals surface area contributed by atoms with Crippen molar-refractivity contribution in [3.63, 3.8) is 0 Å². The Morgan fingerprint density at radius 1 is 1.12 bits per heavy atom. The van der Waals surface area contributed by atoms with Crippen LogP contribution in [0.3, 0.4) is 0 Å². The molecule has 0 aliphatic heterocycles. The molecule has 2 amide bonds. The third-order valence-electron chi connectivity index (χ3n) is 5.03. The maximum Gasteiger partial charge on any atom is 0.330 e. The van der Waals surface area contributed by atoms with Gasteiger partial charge in [0, 0.05) is 18.7 Å². The van der Waals surface area contributed by atoms with E-state index in [0.29, 0.717) is 18.4 Å². The fourth-order valence-corrected chi connectivity index (χ4v) is 3.19. The molecule has 1 heterocycles. The Morgan fingerprint density at radius 3 is 2.41 bits per heavy atom. The molecule has 0 aliphatic carbocycles. The number of nitrogens with two attached hydrogens (primary N) is 1. The van der Waals surface area contributed by atoms with Gasteiger partial charge in [0.2, 0.25) is 0 Å². The number of aromatic nitrogens is 2. The number of rotatable bonds is 11. The Balaban J connectivity index is 2.08. The third kappa shape index (κ3) is 6.80. The van der Waals surface area contributed by atoms with Gasteiger partial charge in [0.1, 0.15) is 12.4 Å². The quantitative estimate of drug-likeness (QED) is 0.410. The lowest BCUT2D eigenvalue weighted by molar-refractivity contribution is -0.146. The first-order chi connectivity index (χ1) is 16.2. The van der Waals surface area contributed by atoms with Crippen LogP contribution in [-0.4, -0.2) is 47.0 Å². The standard InChI is InChI=1S/C23H31N5O6/c1-4-6-12-27(19-20(24)28(11-5-2)23(33)26-22(19)32)17(29)14-34-18(30)13-25-21(31)16-9-7-15(3)8-10-16/h7-10H,4-6,11-14,24H2,1-3H3,(H,25,31)(H,26,32,33). The molecule has 0 bridgehead atoms. The number of hydrogen-bond acceptors (Lipinski definition) is 7. The van der Waals surface area contributed by atoms with Gasteiger partial charge in [0.05, 0.1) is 0 Å². The lowest BCUT2D eigenvalue weighted by atomic mass is 10.1. The van der Waals surface area contributed by atoms with E-state index in [9.17, 15) is 24.0 Å². The number of H-pyrrole nitrogens is 1. The van der Waals surface area contributed by atoms with Crippen molar-refractivity contribution in [2.75, 3.05) is 30.3 Å². The lowest BCUT2D eigenvalue weighted by Crippen LogP contribution is -2.43. The smallest absolute Gasteiger partial charge is 0.330 e. The van der Waals surface area contributed by atoms with Crippen molar-refractivity contribution in [1.29, 1.82) is 0 Å². The number of nitrogens with one attached hydrogen (secondary N) is 2. The zero-order valence-corrected chi connectivity index (χ0v) is 19.7. The van der Waals surface area contributed by atoms with Gasteiger partial charge in [-0.05, 0) is 31.9 Å². The molecule has 4 N–H and O–H groups in total. The van der Waals surface area contributed by atoms with Gasteiger partial charge < -0.3 is 20.7 Å². The van der Waals surface area contributed by atoms with Crippen LogP contribution in [0, 0.1) is 6.92 Å². The zero-order valence-electron chi connectivity index (χ0n) is 19.7. The van der Waals surface area contributed by atoms with Crippen LogP contribution in [-0.2, 0) is 20.9 Å². The topological polar surface area (TPSA) is 157 Å². The molecule has 0 fully saturated rings. The number of aryl methyl sites for hydroxylation is 1. The van der Waals surface area contributed by atoms with E-state index in [-0.39, 0.29) is 24.6 Å². The first-order valence-corrected chi connectivity index (χ1v) is 11.1. The Bertz CT molecular complexity index is 1140. The molecule has 184 valence electrons. The van der Waals surface area contributed by atoms with Crippen LogP contribution in [0.4, 0.5) is 11.5 Å². The highest BCUT2D eigenvalue weighted by molar-refractivity contribution is 5.98. The molecule has 1 aromatic heterocycles. The largest absolute Gasteiger partial charge is 0.454 e. The number of esters is 1. The fraction of sp³-hybridized carbons (Fsp3) is 0.435. The highest BCUT2D eigenvalue weighted by atomic mass is 16.5. The van der Waals surface area contributed by atoms with E-state index in [2.05, 4.69) is 10.3 Å². The van der Waals surface area contributed by atoms with Crippen molar-refractivity contribution in [1.82, 2.24) is 14.9 Å². The predicted octanol–water partition coefficient (Wildman–Crippen LogP) is 0.944. The Kier molecular flexibility index (Phi) is 9.60. The number of carbonyl (C=O) groups excluding carboxylic acids is 3. The van der Waals surface area contributed by atoms with E-state index < -0.39 is 42.2 Å². The molecule has 0 spiro atoms. The summed E-state index contributed by atoms with van der Waals surface area (Å²) in [7, 11) is 0. The molecule has 0 aliphatic rings. The number of benzene rings is 1. The molecule has 0 saturated heterocycles. The first-order valence-electron chi connectivity index (χ1n) is 11.1. The first kappa shape index (κ1) is 26.4. The third-order valence-corrected chi connectivity index (χ3v) is 5.03. The van der Waals surface area contributed by atoms with Crippen molar-refractivity contribution in [3.05, 3.63) is 56.2 Å². The molecule has 11 heteroatoms. The molecule has 11 nitrogen and oxygen atoms in total. The van der Waals surface area contributed by atoms with E-state index >= 15 is 0 Å². The SMILES string of the molecule is CCCCN(C(=O)COC(=O)CNC(=O)c1ccc(C)cc1)c1c(N)n(CCC)c(=O)[nH]c1=O. The molecule has 34 heavy (non-hydrogen) atoms. The molecule has 2 aromatic rings. The summed E-state index contributed by atoms with van der Waals surface area (Å²) >= 11 is 0. The molecular formula is C23H31N5O6. The van der Waals surface area contributed by atoms with Crippen molar-refractivity contribution < 1.29 is 19.1 Å². The Morgan fingerprint density at radius 2 is 1.79 bits per heavy atom. The minimum atomic E-state index is -0.818. The van der Waals surface area contributed by atoms with Crippen LogP contribution in [0.15, 0.2) is 33.9 Å². The van der Waals surface area contributed by atoms with Gasteiger partial charge in [-0.2, -0.15) is 0 Å². The van der Waals surface area contributed by atoms with E-state index in [0.717, 1.165) is 16.9 Å². The minimum Gasteiger partial charge on any atom is -0.454 e. The second-order valence-electron chi connectivity index (χ2n) is 7.75. The highest BCUT2D eigenvalue weighted by Crippen LogP contribution is 2.18. The van der Waals surface area contributed by atoms with Gasteiger partial charge in [-0.3, -0.25) is 28.7 Å². The second-order valence-corrected chi connectivity index (χ2v) is 7.75. The van der Waals surface area contributed by atoms with Crippen LogP contribution in [0.1, 0.15) is 49.0 Å². The van der Waals surface area contributed by atoms with Crippen LogP contribution in [0.2, 0.25) is 0 Å². The highest BCUT2D eigenvalue weighted by Gasteiger charge is 2.24. The molecule has 0 saturated carbocycles. The summed E-state index contributed by atoms with van der Waals surface area (Å²) in [5.41, 5.74) is 5.84. The van der Waals surface area contributed by atoms with Gasteiger partial charge in [-0.1, -0.05) is 38.0 Å². The molecule has 0 radical (unpaired) electrons. The average Bonchev–Trinajstić information content (AvgIpc) is 2.81. The maximum atomic E-state index is 12.9. The molecule has 0 atom stereocenters. The van der Waals surface area contributed by atoms with E-state index in [1.165, 1.54) is 4.57 Å². The van der Waals surface area contributed by atoms with E-state index in [1.54, 1.807) is 24.3 Å². The van der Waals surface area contributed by atoms with Gasteiger partial charge in [0.25, 0.3) is 17.4 Å². The number of hydrogen-bond donors (Lipinski definition) is 3. The van der Waals surface area contributed by atoms with Crippen LogP contribution < -0.4 is 27.2 Å². The Hall–Kier alpha value is -3.89. The minimum absolute atomic E-state index is 0.128. The van der Waals surface area contributed by atoms with Crippen LogP contribution >= 0.6 is 0 Å². The number of unbranched alkanes of at least 4 members (excludes halogenated alkanes) is 1. The molecule has 2 rings (SSSR count). The van der Waals surface area contributed by atoms with Crippen molar-refractivity contribution in [3.8, 4) is 0 Å². The predicted molar refractivity (Wildman–Crippen MR) is 128 cm³/mol. The monoisotopic (exact) mass is 473 g/mol. The zero-order chi connectivity index (χ0) is 25.3. The summed E-state index contributed by atoms with van der Waals surface area (Å²) in [5, 5.41) is 2.43. The van der Waals surface area contributed by atoms with E-state index in [4.69, 9.17) is 10.5 Å². The summed E-state index contributed by atoms with van der Waals surface area (Å²) in [5.74, 6) is -2.07. The van der Waals surface area contributed by atoms with Gasteiger partial charge in [-0.15, -0.1) is 0 Å². The average molecular weight is 474 g/mol. The fourth-order valence-electron chi connectivity index (χ4n) is 3.19. The normalized spacial score (nSPS) is 10.6. The molecule has 1 aromatic carbocycles. The number of aromatic amines is 1. The van der Waals surface area contributed by atoms with Crippen LogP contribution in [0.25, 0.3) is 0 Å². The molecular weight excluding hydrogens is 442 g/mol. The van der Waals surface area contributed by atoms with Gasteiger partial charge >= 0.3 is 11.7 Å². The number of anilines is 2. The van der Waals surface area contributed by atoms with Gasteiger partial charge in [-0.25, -0.2) is 4.79 Å². The number of ether oxygens (including phenoxy) is 1. The second kappa shape index (κ2) is 12.4. The number of carbonyl (C=O) groups is 3.